The number of rotatable bonds is 4. The van der Waals surface area contributed by atoms with Gasteiger partial charge in [0.1, 0.15) is 5.82 Å². The van der Waals surface area contributed by atoms with E-state index in [0.29, 0.717) is 6.04 Å². The average molecular weight is 271 g/mol. The first-order valence-electron chi connectivity index (χ1n) is 5.41. The van der Waals surface area contributed by atoms with Crippen LogP contribution >= 0.6 is 15.9 Å². The minimum Gasteiger partial charge on any atom is -0.356 e. The van der Waals surface area contributed by atoms with Crippen LogP contribution in [0.1, 0.15) is 32.3 Å². The molecule has 1 aromatic rings. The molecule has 0 aromatic carbocycles. The predicted octanol–water partition coefficient (Wildman–Crippen LogP) is 3.78. The zero-order chi connectivity index (χ0) is 11.4. The lowest BCUT2D eigenvalue weighted by Crippen LogP contribution is -2.29. The van der Waals surface area contributed by atoms with Gasteiger partial charge in [0.05, 0.1) is 4.47 Å². The van der Waals surface area contributed by atoms with Crippen LogP contribution in [-0.4, -0.2) is 18.1 Å². The Balaban J connectivity index is 2.90. The van der Waals surface area contributed by atoms with Gasteiger partial charge < -0.3 is 4.90 Å². The smallest absolute Gasteiger partial charge is 0.143 e. The Bertz CT molecular complexity index is 325. The van der Waals surface area contributed by atoms with E-state index in [-0.39, 0.29) is 0 Å². The molecule has 0 aliphatic carbocycles. The standard InChI is InChI=1S/C12H19BrN2/c1-5-6-10(3)15(4)12-11(13)9(2)7-8-14-12/h7-8,10H,5-6H2,1-4H3. The van der Waals surface area contributed by atoms with Crippen molar-refractivity contribution in [3.8, 4) is 0 Å². The summed E-state index contributed by atoms with van der Waals surface area (Å²) >= 11 is 3.60. The van der Waals surface area contributed by atoms with Crippen molar-refractivity contribution < 1.29 is 0 Å². The van der Waals surface area contributed by atoms with Gasteiger partial charge in [0.25, 0.3) is 0 Å². The van der Waals surface area contributed by atoms with Crippen molar-refractivity contribution in [2.45, 2.75) is 39.7 Å². The number of hydrogen-bond donors (Lipinski definition) is 0. The van der Waals surface area contributed by atoms with E-state index >= 15 is 0 Å². The first-order valence-corrected chi connectivity index (χ1v) is 6.21. The number of anilines is 1. The van der Waals surface area contributed by atoms with Crippen LogP contribution in [0.5, 0.6) is 0 Å². The molecular weight excluding hydrogens is 252 g/mol. The van der Waals surface area contributed by atoms with E-state index in [0.717, 1.165) is 10.3 Å². The second kappa shape index (κ2) is 5.50. The monoisotopic (exact) mass is 270 g/mol. The third kappa shape index (κ3) is 2.94. The average Bonchev–Trinajstić information content (AvgIpc) is 2.21. The van der Waals surface area contributed by atoms with Crippen molar-refractivity contribution in [3.05, 3.63) is 22.3 Å². The second-order valence-electron chi connectivity index (χ2n) is 4.01. The molecular formula is C12H19BrN2. The highest BCUT2D eigenvalue weighted by atomic mass is 79.9. The first-order chi connectivity index (χ1) is 7.07. The van der Waals surface area contributed by atoms with Crippen molar-refractivity contribution in [1.82, 2.24) is 4.98 Å². The van der Waals surface area contributed by atoms with Crippen molar-refractivity contribution in [1.29, 1.82) is 0 Å². The molecule has 0 saturated carbocycles. The zero-order valence-corrected chi connectivity index (χ0v) is 11.5. The molecule has 1 heterocycles. The molecule has 84 valence electrons. The maximum atomic E-state index is 4.42. The van der Waals surface area contributed by atoms with Crippen molar-refractivity contribution in [2.24, 2.45) is 0 Å². The normalized spacial score (nSPS) is 12.6. The van der Waals surface area contributed by atoms with Gasteiger partial charge in [0.2, 0.25) is 0 Å². The molecule has 3 heteroatoms. The van der Waals surface area contributed by atoms with Crippen molar-refractivity contribution in [2.75, 3.05) is 11.9 Å². The molecule has 1 aromatic heterocycles. The van der Waals surface area contributed by atoms with E-state index in [2.05, 4.69) is 53.6 Å². The Labute approximate surface area is 101 Å². The maximum Gasteiger partial charge on any atom is 0.143 e. The van der Waals surface area contributed by atoms with Crippen LogP contribution in [0.2, 0.25) is 0 Å². The molecule has 0 fully saturated rings. The quantitative estimate of drug-likeness (QED) is 0.828. The fraction of sp³-hybridized carbons (Fsp3) is 0.583. The number of aryl methyl sites for hydroxylation is 1. The molecule has 1 rings (SSSR count). The minimum absolute atomic E-state index is 0.528. The van der Waals surface area contributed by atoms with Crippen LogP contribution in [0.15, 0.2) is 16.7 Å². The predicted molar refractivity (Wildman–Crippen MR) is 69.4 cm³/mol. The lowest BCUT2D eigenvalue weighted by molar-refractivity contribution is 0.610. The van der Waals surface area contributed by atoms with Gasteiger partial charge in [0, 0.05) is 19.3 Å². The SMILES string of the molecule is CCCC(C)N(C)c1nccc(C)c1Br. The van der Waals surface area contributed by atoms with Gasteiger partial charge in [-0.25, -0.2) is 4.98 Å². The molecule has 0 aliphatic rings. The molecule has 0 saturated heterocycles. The van der Waals surface area contributed by atoms with E-state index in [1.807, 2.05) is 12.3 Å². The van der Waals surface area contributed by atoms with Gasteiger partial charge in [-0.15, -0.1) is 0 Å². The Hall–Kier alpha value is -0.570. The van der Waals surface area contributed by atoms with Crippen LogP contribution in [0.3, 0.4) is 0 Å². The van der Waals surface area contributed by atoms with Crippen molar-refractivity contribution in [3.63, 3.8) is 0 Å². The lowest BCUT2D eigenvalue weighted by atomic mass is 10.1. The van der Waals surface area contributed by atoms with Gasteiger partial charge >= 0.3 is 0 Å². The summed E-state index contributed by atoms with van der Waals surface area (Å²) in [5, 5.41) is 0. The fourth-order valence-corrected chi connectivity index (χ4v) is 2.11. The summed E-state index contributed by atoms with van der Waals surface area (Å²) in [6.45, 7) is 6.54. The highest BCUT2D eigenvalue weighted by Gasteiger charge is 2.13. The molecule has 0 amide bonds. The largest absolute Gasteiger partial charge is 0.356 e. The van der Waals surface area contributed by atoms with Gasteiger partial charge in [-0.05, 0) is 47.8 Å². The van der Waals surface area contributed by atoms with Crippen LogP contribution in [-0.2, 0) is 0 Å². The molecule has 1 atom stereocenters. The van der Waals surface area contributed by atoms with Gasteiger partial charge in [-0.2, -0.15) is 0 Å². The Morgan fingerprint density at radius 3 is 2.80 bits per heavy atom. The molecule has 0 radical (unpaired) electrons. The number of pyridine rings is 1. The molecule has 15 heavy (non-hydrogen) atoms. The summed E-state index contributed by atoms with van der Waals surface area (Å²) in [4.78, 5) is 6.66. The first kappa shape index (κ1) is 12.5. The zero-order valence-electron chi connectivity index (χ0n) is 9.92. The number of halogens is 1. The number of nitrogens with zero attached hydrogens (tertiary/aromatic N) is 2. The highest BCUT2D eigenvalue weighted by Crippen LogP contribution is 2.27. The lowest BCUT2D eigenvalue weighted by Gasteiger charge is -2.27. The Morgan fingerprint density at radius 1 is 1.53 bits per heavy atom. The Kier molecular flexibility index (Phi) is 4.58. The summed E-state index contributed by atoms with van der Waals surface area (Å²) in [7, 11) is 2.10. The maximum absolute atomic E-state index is 4.42. The molecule has 1 unspecified atom stereocenters. The number of hydrogen-bond acceptors (Lipinski definition) is 2. The molecule has 0 spiro atoms. The molecule has 0 N–H and O–H groups in total. The van der Waals surface area contributed by atoms with Crippen molar-refractivity contribution >= 4 is 21.7 Å². The highest BCUT2D eigenvalue weighted by molar-refractivity contribution is 9.10. The van der Waals surface area contributed by atoms with Gasteiger partial charge in [-0.3, -0.25) is 0 Å². The third-order valence-corrected chi connectivity index (χ3v) is 3.75. The van der Waals surface area contributed by atoms with E-state index in [9.17, 15) is 0 Å². The van der Waals surface area contributed by atoms with Crippen LogP contribution in [0.25, 0.3) is 0 Å². The minimum atomic E-state index is 0.528. The van der Waals surface area contributed by atoms with E-state index in [4.69, 9.17) is 0 Å². The fourth-order valence-electron chi connectivity index (χ4n) is 1.59. The number of aromatic nitrogens is 1. The second-order valence-corrected chi connectivity index (χ2v) is 4.81. The van der Waals surface area contributed by atoms with E-state index in [1.54, 1.807) is 0 Å². The van der Waals surface area contributed by atoms with E-state index < -0.39 is 0 Å². The van der Waals surface area contributed by atoms with Gasteiger partial charge in [0.15, 0.2) is 0 Å². The van der Waals surface area contributed by atoms with Crippen LogP contribution in [0, 0.1) is 6.92 Å². The molecule has 0 bridgehead atoms. The topological polar surface area (TPSA) is 16.1 Å². The summed E-state index contributed by atoms with van der Waals surface area (Å²) in [5.74, 6) is 1.04. The Morgan fingerprint density at radius 2 is 2.20 bits per heavy atom. The summed E-state index contributed by atoms with van der Waals surface area (Å²) in [6.07, 6.45) is 4.26. The van der Waals surface area contributed by atoms with Crippen LogP contribution in [0.4, 0.5) is 5.82 Å². The third-order valence-electron chi connectivity index (χ3n) is 2.77. The summed E-state index contributed by atoms with van der Waals surface area (Å²) in [6, 6.07) is 2.55. The molecule has 2 nitrogen and oxygen atoms in total. The van der Waals surface area contributed by atoms with Gasteiger partial charge in [-0.1, -0.05) is 13.3 Å². The summed E-state index contributed by atoms with van der Waals surface area (Å²) < 4.78 is 1.11. The van der Waals surface area contributed by atoms with Crippen LogP contribution < -0.4 is 4.90 Å². The molecule has 0 aliphatic heterocycles. The summed E-state index contributed by atoms with van der Waals surface area (Å²) in [5.41, 5.74) is 1.23. The van der Waals surface area contributed by atoms with E-state index in [1.165, 1.54) is 18.4 Å².